The number of hydrogen-bond donors (Lipinski definition) is 5. The highest BCUT2D eigenvalue weighted by Gasteiger charge is 2.51. The largest absolute Gasteiger partial charge is 0.511 e. The Kier molecular flexibility index (Phi) is 5.98. The lowest BCUT2D eigenvalue weighted by Gasteiger charge is -2.40. The maximum Gasteiger partial charge on any atom is 0.276 e. The van der Waals surface area contributed by atoms with Crippen LogP contribution in [0.4, 0.5) is 0 Å². The van der Waals surface area contributed by atoms with Gasteiger partial charge in [-0.1, -0.05) is 29.9 Å². The van der Waals surface area contributed by atoms with Crippen LogP contribution in [0.1, 0.15) is 24.8 Å². The first kappa shape index (κ1) is 23.7. The van der Waals surface area contributed by atoms with Gasteiger partial charge in [0.25, 0.3) is 5.91 Å². The lowest BCUT2D eigenvalue weighted by molar-refractivity contribution is -0.127. The molecule has 0 spiro atoms. The number of phenols is 1. The van der Waals surface area contributed by atoms with Crippen molar-refractivity contribution in [3.8, 4) is 5.75 Å². The molecule has 0 radical (unpaired) electrons. The first-order valence-corrected chi connectivity index (χ1v) is 12.4. The normalized spacial score (nSPS) is 25.6. The van der Waals surface area contributed by atoms with Crippen LogP contribution in [0.3, 0.4) is 0 Å². The number of rotatable bonds is 3. The van der Waals surface area contributed by atoms with Crippen LogP contribution >= 0.6 is 35.6 Å². The van der Waals surface area contributed by atoms with Crippen molar-refractivity contribution in [1.29, 1.82) is 0 Å². The van der Waals surface area contributed by atoms with Crippen molar-refractivity contribution in [2.24, 2.45) is 11.8 Å². The predicted octanol–water partition coefficient (Wildman–Crippen LogP) is 3.61. The van der Waals surface area contributed by atoms with Crippen LogP contribution in [-0.4, -0.2) is 42.9 Å². The number of carbonyl (C=O) groups excluding carboxylic acids is 3. The summed E-state index contributed by atoms with van der Waals surface area (Å²) in [4.78, 5) is 40.3. The number of nitrogens with one attached hydrogen (secondary N) is 2. The molecule has 0 saturated heterocycles. The quantitative estimate of drug-likeness (QED) is 0.225. The van der Waals surface area contributed by atoms with E-state index in [-0.39, 0.29) is 23.3 Å². The van der Waals surface area contributed by atoms with Gasteiger partial charge in [-0.2, -0.15) is 0 Å². The number of hydrogen-bond acceptors (Lipinski definition) is 9. The number of halogens is 1. The maximum absolute atomic E-state index is 13.5. The molecule has 1 amide bonds. The Bertz CT molecular complexity index is 1350. The summed E-state index contributed by atoms with van der Waals surface area (Å²) in [7, 11) is 0. The molecule has 5 N–H and O–H groups in total. The number of Topliss-reactive ketones (excluding diaryl/α,β-unsaturated/α-hetero) is 2. The third-order valence-electron chi connectivity index (χ3n) is 6.49. The van der Waals surface area contributed by atoms with E-state index in [1.165, 1.54) is 23.9 Å². The van der Waals surface area contributed by atoms with E-state index < -0.39 is 51.7 Å². The fourth-order valence-electron chi connectivity index (χ4n) is 4.86. The van der Waals surface area contributed by atoms with Crippen molar-refractivity contribution in [3.63, 3.8) is 0 Å². The number of aliphatic hydroxyl groups excluding tert-OH is 2. The van der Waals surface area contributed by atoms with Gasteiger partial charge in [0.05, 0.1) is 27.8 Å². The number of aliphatic hydroxyl groups is 2. The fourth-order valence-corrected chi connectivity index (χ4v) is 6.77. The molecule has 180 valence electrons. The molecule has 1 fully saturated rings. The molecule has 1 aromatic carbocycles. The van der Waals surface area contributed by atoms with Gasteiger partial charge in [-0.3, -0.25) is 25.2 Å². The summed E-state index contributed by atoms with van der Waals surface area (Å²) in [6, 6.07) is 2.82. The molecule has 0 bridgehead atoms. The summed E-state index contributed by atoms with van der Waals surface area (Å²) in [5.41, 5.74) is 5.24. The van der Waals surface area contributed by atoms with Crippen LogP contribution in [-0.2, 0) is 14.4 Å². The van der Waals surface area contributed by atoms with Crippen molar-refractivity contribution in [2.45, 2.75) is 29.4 Å². The zero-order valence-corrected chi connectivity index (χ0v) is 20.4. The molecule has 5 rings (SSSR count). The number of allylic oxidation sites excluding steroid dienone is 4. The van der Waals surface area contributed by atoms with Crippen LogP contribution in [0.5, 0.6) is 5.75 Å². The van der Waals surface area contributed by atoms with Crippen molar-refractivity contribution >= 4 is 63.7 Å². The van der Waals surface area contributed by atoms with Gasteiger partial charge < -0.3 is 15.3 Å². The zero-order valence-electron chi connectivity index (χ0n) is 18.0. The first-order chi connectivity index (χ1) is 16.7. The lowest BCUT2D eigenvalue weighted by atomic mass is 9.67. The number of aromatic hydroxyl groups is 1. The number of carbonyl (C=O) groups is 3. The number of phenolic OH excluding ortho intramolecular Hbond substituents is 1. The van der Waals surface area contributed by atoms with Crippen molar-refractivity contribution in [1.82, 2.24) is 10.9 Å². The van der Waals surface area contributed by atoms with Gasteiger partial charge in [-0.15, -0.1) is 11.8 Å². The first-order valence-electron chi connectivity index (χ1n) is 10.8. The molecular formula is C24H19ClN2O6S2. The third-order valence-corrected chi connectivity index (χ3v) is 8.60. The standard InChI is InChI=1S/C24H19ClN2O6S2/c25-12-5-6-13(28)17-22(32)19-15(35-23(12)17)8-9-7-14(29)18(20(30)16(9)21(19)31)24(33)27-26-10-1-3-11(34)4-2-10/h1-3,5-6,9,15-16,26,28,30,32H,4,7-8H2,(H,27,33). The van der Waals surface area contributed by atoms with Crippen LogP contribution in [0.15, 0.2) is 57.9 Å². The highest BCUT2D eigenvalue weighted by atomic mass is 35.5. The van der Waals surface area contributed by atoms with Gasteiger partial charge in [0.15, 0.2) is 11.6 Å². The van der Waals surface area contributed by atoms with Crippen molar-refractivity contribution in [3.05, 3.63) is 63.5 Å². The number of thioether (sulfide) groups is 1. The molecule has 4 aliphatic rings. The van der Waals surface area contributed by atoms with Gasteiger partial charge in [0, 0.05) is 27.9 Å². The van der Waals surface area contributed by atoms with Crippen molar-refractivity contribution < 1.29 is 29.7 Å². The Hall–Kier alpha value is -3.08. The smallest absolute Gasteiger partial charge is 0.276 e. The molecule has 35 heavy (non-hydrogen) atoms. The maximum atomic E-state index is 13.5. The van der Waals surface area contributed by atoms with E-state index in [9.17, 15) is 29.7 Å². The lowest BCUT2D eigenvalue weighted by Crippen LogP contribution is -2.47. The number of amides is 1. The second kappa shape index (κ2) is 8.85. The summed E-state index contributed by atoms with van der Waals surface area (Å²) >= 11 is 12.6. The SMILES string of the molecule is O=C1CC2CC3Sc4c(Cl)ccc(O)c4C(O)=C3C(=O)C2C(O)=C1C(=O)NNC1=CCC(=S)C=C1. The van der Waals surface area contributed by atoms with Gasteiger partial charge in [-0.05, 0) is 36.6 Å². The van der Waals surface area contributed by atoms with Gasteiger partial charge in [0.1, 0.15) is 22.8 Å². The second-order valence-corrected chi connectivity index (χ2v) is 10.8. The summed E-state index contributed by atoms with van der Waals surface area (Å²) in [5, 5.41) is 32.0. The predicted molar refractivity (Wildman–Crippen MR) is 134 cm³/mol. The van der Waals surface area contributed by atoms with Crippen LogP contribution in [0.25, 0.3) is 5.76 Å². The highest BCUT2D eigenvalue weighted by molar-refractivity contribution is 8.00. The molecule has 1 saturated carbocycles. The Labute approximate surface area is 214 Å². The molecular weight excluding hydrogens is 512 g/mol. The van der Waals surface area contributed by atoms with Crippen LogP contribution < -0.4 is 10.9 Å². The van der Waals surface area contributed by atoms with Gasteiger partial charge in [0.2, 0.25) is 0 Å². The number of hydrazine groups is 1. The minimum atomic E-state index is -1.16. The molecule has 3 aliphatic carbocycles. The van der Waals surface area contributed by atoms with E-state index in [4.69, 9.17) is 23.8 Å². The monoisotopic (exact) mass is 530 g/mol. The Morgan fingerprint density at radius 1 is 1.17 bits per heavy atom. The summed E-state index contributed by atoms with van der Waals surface area (Å²) < 4.78 is 0. The average Bonchev–Trinajstić information content (AvgIpc) is 2.80. The van der Waals surface area contributed by atoms with Gasteiger partial charge >= 0.3 is 0 Å². The molecule has 3 unspecified atom stereocenters. The highest BCUT2D eigenvalue weighted by Crippen LogP contribution is 2.54. The van der Waals surface area contributed by atoms with Gasteiger partial charge in [-0.25, -0.2) is 0 Å². The summed E-state index contributed by atoms with van der Waals surface area (Å²) in [5.74, 6) is -4.98. The van der Waals surface area contributed by atoms with E-state index in [1.807, 2.05) is 0 Å². The minimum absolute atomic E-state index is 0.0357. The van der Waals surface area contributed by atoms with E-state index in [0.29, 0.717) is 28.5 Å². The fraction of sp³-hybridized carbons (Fsp3) is 0.250. The summed E-state index contributed by atoms with van der Waals surface area (Å²) in [6.45, 7) is 0. The molecule has 3 atom stereocenters. The third kappa shape index (κ3) is 3.95. The van der Waals surface area contributed by atoms with E-state index in [2.05, 4.69) is 10.9 Å². The Morgan fingerprint density at radius 3 is 2.66 bits per heavy atom. The van der Waals surface area contributed by atoms with E-state index in [0.717, 1.165) is 4.86 Å². The topological polar surface area (TPSA) is 136 Å². The number of fused-ring (bicyclic) bond motifs is 3. The number of benzene rings is 1. The molecule has 0 aromatic heterocycles. The average molecular weight is 531 g/mol. The molecule has 1 aliphatic heterocycles. The van der Waals surface area contributed by atoms with Crippen LogP contribution in [0.2, 0.25) is 5.02 Å². The molecule has 1 heterocycles. The minimum Gasteiger partial charge on any atom is -0.511 e. The van der Waals surface area contributed by atoms with E-state index in [1.54, 1.807) is 18.2 Å². The Morgan fingerprint density at radius 2 is 1.94 bits per heavy atom. The summed E-state index contributed by atoms with van der Waals surface area (Å²) in [6.07, 6.45) is 5.85. The molecule has 1 aromatic rings. The molecule has 11 heteroatoms. The zero-order chi connectivity index (χ0) is 25.0. The number of thiocarbonyl (C=S) groups is 1. The van der Waals surface area contributed by atoms with E-state index >= 15 is 0 Å². The number of ketones is 2. The van der Waals surface area contributed by atoms with Crippen molar-refractivity contribution in [2.75, 3.05) is 0 Å². The van der Waals surface area contributed by atoms with Crippen LogP contribution in [0, 0.1) is 11.8 Å². The molecule has 8 nitrogen and oxygen atoms in total. The second-order valence-electron chi connectivity index (χ2n) is 8.61. The Balaban J connectivity index is 1.46.